The maximum absolute atomic E-state index is 13.5. The molecule has 0 bridgehead atoms. The number of nitrogens with zero attached hydrogens (tertiary/aromatic N) is 4. The Labute approximate surface area is 182 Å². The predicted octanol–water partition coefficient (Wildman–Crippen LogP) is 4.50. The molecular weight excluding hydrogens is 384 g/mol. The van der Waals surface area contributed by atoms with Crippen LogP contribution in [0.1, 0.15) is 10.4 Å². The van der Waals surface area contributed by atoms with E-state index in [1.807, 2.05) is 77.8 Å². The topological polar surface area (TPSA) is 41.4 Å². The van der Waals surface area contributed by atoms with Crippen LogP contribution in [0.15, 0.2) is 97.2 Å². The van der Waals surface area contributed by atoms with Gasteiger partial charge in [-0.1, -0.05) is 66.7 Å². The number of piperazine rings is 1. The van der Waals surface area contributed by atoms with Crippen LogP contribution < -0.4 is 4.90 Å². The fourth-order valence-electron chi connectivity index (χ4n) is 4.03. The second-order valence-corrected chi connectivity index (χ2v) is 7.65. The highest BCUT2D eigenvalue weighted by molar-refractivity contribution is 6.00. The first kappa shape index (κ1) is 19.1. The molecule has 0 aliphatic carbocycles. The predicted molar refractivity (Wildman–Crippen MR) is 124 cm³/mol. The summed E-state index contributed by atoms with van der Waals surface area (Å²) in [4.78, 5) is 17.8. The molecule has 1 amide bonds. The lowest BCUT2D eigenvalue weighted by atomic mass is 10.1. The van der Waals surface area contributed by atoms with Gasteiger partial charge in [-0.25, -0.2) is 4.68 Å². The Morgan fingerprint density at radius 3 is 1.84 bits per heavy atom. The zero-order valence-electron chi connectivity index (χ0n) is 17.3. The van der Waals surface area contributed by atoms with E-state index in [2.05, 4.69) is 29.2 Å². The Kier molecular flexibility index (Phi) is 5.23. The maximum atomic E-state index is 13.5. The van der Waals surface area contributed by atoms with Gasteiger partial charge >= 0.3 is 0 Å². The van der Waals surface area contributed by atoms with E-state index in [9.17, 15) is 4.79 Å². The van der Waals surface area contributed by atoms with Crippen molar-refractivity contribution in [2.75, 3.05) is 31.1 Å². The molecule has 5 heteroatoms. The van der Waals surface area contributed by atoms with Gasteiger partial charge < -0.3 is 9.80 Å². The van der Waals surface area contributed by atoms with Crippen LogP contribution in [0.25, 0.3) is 16.9 Å². The average molecular weight is 409 g/mol. The number of aromatic nitrogens is 2. The second-order valence-electron chi connectivity index (χ2n) is 7.65. The molecule has 0 radical (unpaired) electrons. The summed E-state index contributed by atoms with van der Waals surface area (Å²) in [6.45, 7) is 3.03. The number of hydrogen-bond donors (Lipinski definition) is 0. The first-order valence-electron chi connectivity index (χ1n) is 10.6. The number of carbonyl (C=O) groups excluding carboxylic acids is 1. The summed E-state index contributed by atoms with van der Waals surface area (Å²) in [5.41, 5.74) is 4.45. The summed E-state index contributed by atoms with van der Waals surface area (Å²) in [6, 6.07) is 30.2. The number of carbonyl (C=O) groups is 1. The molecule has 1 fully saturated rings. The Balaban J connectivity index is 1.42. The molecular formula is C26H24N4O. The molecule has 31 heavy (non-hydrogen) atoms. The Bertz CT molecular complexity index is 1150. The summed E-state index contributed by atoms with van der Waals surface area (Å²) < 4.78 is 1.80. The van der Waals surface area contributed by atoms with E-state index >= 15 is 0 Å². The van der Waals surface area contributed by atoms with E-state index in [0.717, 1.165) is 30.0 Å². The van der Waals surface area contributed by atoms with Gasteiger partial charge in [0.2, 0.25) is 0 Å². The molecule has 1 saturated heterocycles. The Hall–Kier alpha value is -3.86. The number of hydrogen-bond acceptors (Lipinski definition) is 3. The zero-order valence-corrected chi connectivity index (χ0v) is 17.3. The van der Waals surface area contributed by atoms with Crippen molar-refractivity contribution in [2.45, 2.75) is 0 Å². The summed E-state index contributed by atoms with van der Waals surface area (Å²) >= 11 is 0. The molecule has 1 aliphatic heterocycles. The quantitative estimate of drug-likeness (QED) is 0.499. The third kappa shape index (κ3) is 3.94. The van der Waals surface area contributed by atoms with Gasteiger partial charge in [-0.15, -0.1) is 0 Å². The lowest BCUT2D eigenvalue weighted by Crippen LogP contribution is -2.48. The highest BCUT2D eigenvalue weighted by Gasteiger charge is 2.26. The summed E-state index contributed by atoms with van der Waals surface area (Å²) in [5, 5.41) is 4.79. The molecule has 3 aromatic carbocycles. The fourth-order valence-corrected chi connectivity index (χ4v) is 4.03. The van der Waals surface area contributed by atoms with Crippen molar-refractivity contribution in [3.05, 3.63) is 103 Å². The molecule has 4 aromatic rings. The third-order valence-corrected chi connectivity index (χ3v) is 5.70. The Morgan fingerprint density at radius 1 is 0.677 bits per heavy atom. The van der Waals surface area contributed by atoms with Crippen molar-refractivity contribution >= 4 is 11.6 Å². The van der Waals surface area contributed by atoms with Crippen molar-refractivity contribution in [1.82, 2.24) is 14.7 Å². The van der Waals surface area contributed by atoms with E-state index in [1.165, 1.54) is 5.69 Å². The number of amides is 1. The maximum Gasteiger partial charge on any atom is 0.257 e. The second kappa shape index (κ2) is 8.48. The third-order valence-electron chi connectivity index (χ3n) is 5.70. The van der Waals surface area contributed by atoms with E-state index in [0.29, 0.717) is 18.7 Å². The van der Waals surface area contributed by atoms with Gasteiger partial charge in [0.1, 0.15) is 5.69 Å². The lowest BCUT2D eigenvalue weighted by molar-refractivity contribution is 0.0747. The molecule has 0 saturated carbocycles. The van der Waals surface area contributed by atoms with Gasteiger partial charge in [-0.3, -0.25) is 4.79 Å². The molecule has 5 rings (SSSR count). The molecule has 0 spiro atoms. The monoisotopic (exact) mass is 408 g/mol. The molecule has 0 atom stereocenters. The van der Waals surface area contributed by atoms with E-state index in [1.54, 1.807) is 4.68 Å². The summed E-state index contributed by atoms with van der Waals surface area (Å²) in [5.74, 6) is 0.0359. The molecule has 154 valence electrons. The van der Waals surface area contributed by atoms with Crippen LogP contribution >= 0.6 is 0 Å². The number of para-hydroxylation sites is 2. The summed E-state index contributed by atoms with van der Waals surface area (Å²) in [7, 11) is 0. The minimum Gasteiger partial charge on any atom is -0.368 e. The highest BCUT2D eigenvalue weighted by Crippen LogP contribution is 2.26. The zero-order chi connectivity index (χ0) is 21.0. The SMILES string of the molecule is O=C(c1cn(-c2ccccc2)nc1-c1ccccc1)N1CCN(c2ccccc2)CC1. The van der Waals surface area contributed by atoms with E-state index in [-0.39, 0.29) is 5.91 Å². The minimum absolute atomic E-state index is 0.0359. The van der Waals surface area contributed by atoms with Gasteiger partial charge in [0, 0.05) is 43.6 Å². The molecule has 0 N–H and O–H groups in total. The van der Waals surface area contributed by atoms with Crippen LogP contribution in [0.4, 0.5) is 5.69 Å². The minimum atomic E-state index is 0.0359. The van der Waals surface area contributed by atoms with Crippen LogP contribution in [0.2, 0.25) is 0 Å². The van der Waals surface area contributed by atoms with Crippen LogP contribution in [0, 0.1) is 0 Å². The molecule has 0 unspecified atom stereocenters. The first-order chi connectivity index (χ1) is 15.3. The van der Waals surface area contributed by atoms with Crippen molar-refractivity contribution in [2.24, 2.45) is 0 Å². The van der Waals surface area contributed by atoms with Crippen LogP contribution in [0.3, 0.4) is 0 Å². The number of benzene rings is 3. The standard InChI is InChI=1S/C26H24N4O/c31-26(29-18-16-28(17-19-29)22-12-6-2-7-13-22)24-20-30(23-14-8-3-9-15-23)27-25(24)21-10-4-1-5-11-21/h1-15,20H,16-19H2. The van der Waals surface area contributed by atoms with Crippen molar-refractivity contribution in [3.8, 4) is 16.9 Å². The smallest absolute Gasteiger partial charge is 0.257 e. The number of anilines is 1. The van der Waals surface area contributed by atoms with Gasteiger partial charge in [-0.2, -0.15) is 5.10 Å². The van der Waals surface area contributed by atoms with Crippen LogP contribution in [0.5, 0.6) is 0 Å². The van der Waals surface area contributed by atoms with Gasteiger partial charge in [0.25, 0.3) is 5.91 Å². The normalized spacial score (nSPS) is 13.9. The van der Waals surface area contributed by atoms with Crippen LogP contribution in [-0.4, -0.2) is 46.8 Å². The van der Waals surface area contributed by atoms with Crippen molar-refractivity contribution < 1.29 is 4.79 Å². The van der Waals surface area contributed by atoms with Crippen molar-refractivity contribution in [3.63, 3.8) is 0 Å². The fraction of sp³-hybridized carbons (Fsp3) is 0.154. The first-order valence-corrected chi connectivity index (χ1v) is 10.6. The number of rotatable bonds is 4. The van der Waals surface area contributed by atoms with E-state index in [4.69, 9.17) is 5.10 Å². The average Bonchev–Trinajstić information content (AvgIpc) is 3.31. The largest absolute Gasteiger partial charge is 0.368 e. The van der Waals surface area contributed by atoms with Crippen LogP contribution in [-0.2, 0) is 0 Å². The molecule has 1 aliphatic rings. The lowest BCUT2D eigenvalue weighted by Gasteiger charge is -2.36. The summed E-state index contributed by atoms with van der Waals surface area (Å²) in [6.07, 6.45) is 1.86. The Morgan fingerprint density at radius 2 is 1.23 bits per heavy atom. The molecule has 5 nitrogen and oxygen atoms in total. The molecule has 1 aromatic heterocycles. The van der Waals surface area contributed by atoms with Gasteiger partial charge in [0.15, 0.2) is 0 Å². The van der Waals surface area contributed by atoms with E-state index < -0.39 is 0 Å². The van der Waals surface area contributed by atoms with Gasteiger partial charge in [0.05, 0.1) is 11.3 Å². The highest BCUT2D eigenvalue weighted by atomic mass is 16.2. The molecule has 2 heterocycles. The van der Waals surface area contributed by atoms with Gasteiger partial charge in [-0.05, 0) is 24.3 Å². The van der Waals surface area contributed by atoms with Crippen molar-refractivity contribution in [1.29, 1.82) is 0 Å².